The van der Waals surface area contributed by atoms with Crippen molar-refractivity contribution in [1.82, 2.24) is 4.57 Å². The molecule has 0 saturated heterocycles. The van der Waals surface area contributed by atoms with Crippen molar-refractivity contribution in [2.24, 2.45) is 13.0 Å². The maximum Gasteiger partial charge on any atom is 0.189 e. The Kier molecular flexibility index (Phi) is 3.78. The Morgan fingerprint density at radius 2 is 2.38 bits per heavy atom. The molecule has 0 aromatic carbocycles. The second kappa shape index (κ2) is 5.30. The molecule has 1 aromatic rings. The van der Waals surface area contributed by atoms with Gasteiger partial charge in [-0.3, -0.25) is 4.79 Å². The summed E-state index contributed by atoms with van der Waals surface area (Å²) in [6, 6.07) is 1.83. The first-order chi connectivity index (χ1) is 7.75. The number of nitrogens with zero attached hydrogens (tertiary/aromatic N) is 1. The van der Waals surface area contributed by atoms with Crippen LogP contribution in [0.5, 0.6) is 0 Å². The molecule has 3 nitrogen and oxygen atoms in total. The lowest BCUT2D eigenvalue weighted by molar-refractivity contribution is 0.0705. The summed E-state index contributed by atoms with van der Waals surface area (Å²) in [4.78, 5) is 11.6. The molecule has 2 rings (SSSR count). The minimum atomic E-state index is 0.0780. The number of aryl methyl sites for hydroxylation is 1. The Labute approximate surface area is 96.4 Å². The standard InChI is InChI=1S/C13H19NO2/c1-14-7-5-12(9-14)13(15)10-16-8-6-11-3-2-4-11/h5,7,9,11H,2-4,6,8,10H2,1H3. The van der Waals surface area contributed by atoms with Gasteiger partial charge in [-0.2, -0.15) is 0 Å². The summed E-state index contributed by atoms with van der Waals surface area (Å²) in [6.07, 6.45) is 8.88. The zero-order valence-corrected chi connectivity index (χ0v) is 9.82. The van der Waals surface area contributed by atoms with Crippen molar-refractivity contribution < 1.29 is 9.53 Å². The lowest BCUT2D eigenvalue weighted by Crippen LogP contribution is -2.15. The summed E-state index contributed by atoms with van der Waals surface area (Å²) in [5, 5.41) is 0. The molecular weight excluding hydrogens is 202 g/mol. The number of carbonyl (C=O) groups is 1. The number of ether oxygens (including phenoxy) is 1. The highest BCUT2D eigenvalue weighted by Gasteiger charge is 2.16. The van der Waals surface area contributed by atoms with Gasteiger partial charge >= 0.3 is 0 Å². The molecule has 0 atom stereocenters. The zero-order valence-electron chi connectivity index (χ0n) is 9.82. The Bertz CT molecular complexity index is 353. The van der Waals surface area contributed by atoms with Gasteiger partial charge in [0.1, 0.15) is 6.61 Å². The van der Waals surface area contributed by atoms with Gasteiger partial charge in [-0.15, -0.1) is 0 Å². The van der Waals surface area contributed by atoms with Crippen LogP contribution in [-0.2, 0) is 11.8 Å². The molecule has 16 heavy (non-hydrogen) atoms. The molecule has 1 fully saturated rings. The minimum absolute atomic E-state index is 0.0780. The fraction of sp³-hybridized carbons (Fsp3) is 0.615. The highest BCUT2D eigenvalue weighted by molar-refractivity contribution is 5.96. The summed E-state index contributed by atoms with van der Waals surface area (Å²) in [5.74, 6) is 0.932. The molecule has 0 spiro atoms. The normalized spacial score (nSPS) is 16.1. The van der Waals surface area contributed by atoms with E-state index in [-0.39, 0.29) is 12.4 Å². The van der Waals surface area contributed by atoms with Crippen LogP contribution in [0, 0.1) is 5.92 Å². The maximum atomic E-state index is 11.6. The average Bonchev–Trinajstić information content (AvgIpc) is 2.61. The Balaban J connectivity index is 1.63. The quantitative estimate of drug-likeness (QED) is 0.545. The van der Waals surface area contributed by atoms with Crippen LogP contribution in [0.25, 0.3) is 0 Å². The molecule has 88 valence electrons. The summed E-state index contributed by atoms with van der Waals surface area (Å²) >= 11 is 0. The fourth-order valence-electron chi connectivity index (χ4n) is 1.95. The van der Waals surface area contributed by atoms with Crippen molar-refractivity contribution in [2.75, 3.05) is 13.2 Å². The van der Waals surface area contributed by atoms with E-state index in [1.165, 1.54) is 19.3 Å². The molecule has 1 aliphatic carbocycles. The zero-order chi connectivity index (χ0) is 11.4. The number of Topliss-reactive ketones (excluding diaryl/α,β-unsaturated/α-hetero) is 1. The lowest BCUT2D eigenvalue weighted by Gasteiger charge is -2.24. The fourth-order valence-corrected chi connectivity index (χ4v) is 1.95. The van der Waals surface area contributed by atoms with E-state index in [1.54, 1.807) is 0 Å². The number of hydrogen-bond acceptors (Lipinski definition) is 2. The van der Waals surface area contributed by atoms with Gasteiger partial charge in [0.2, 0.25) is 0 Å². The third kappa shape index (κ3) is 2.95. The first-order valence-corrected chi connectivity index (χ1v) is 5.98. The van der Waals surface area contributed by atoms with E-state index in [2.05, 4.69) is 0 Å². The monoisotopic (exact) mass is 221 g/mol. The molecule has 0 amide bonds. The number of hydrogen-bond donors (Lipinski definition) is 0. The first kappa shape index (κ1) is 11.4. The second-order valence-corrected chi connectivity index (χ2v) is 4.63. The molecule has 0 bridgehead atoms. The van der Waals surface area contributed by atoms with Gasteiger partial charge in [0.25, 0.3) is 0 Å². The Hall–Kier alpha value is -1.09. The molecule has 0 unspecified atom stereocenters. The molecule has 1 aliphatic rings. The van der Waals surface area contributed by atoms with Gasteiger partial charge in [0.15, 0.2) is 5.78 Å². The van der Waals surface area contributed by atoms with Crippen molar-refractivity contribution in [3.8, 4) is 0 Å². The molecule has 0 radical (unpaired) electrons. The van der Waals surface area contributed by atoms with Crippen molar-refractivity contribution in [3.05, 3.63) is 24.0 Å². The van der Waals surface area contributed by atoms with Crippen molar-refractivity contribution in [2.45, 2.75) is 25.7 Å². The summed E-state index contributed by atoms with van der Waals surface area (Å²) in [6.45, 7) is 0.944. The van der Waals surface area contributed by atoms with Crippen LogP contribution in [0.4, 0.5) is 0 Å². The second-order valence-electron chi connectivity index (χ2n) is 4.63. The summed E-state index contributed by atoms with van der Waals surface area (Å²) in [5.41, 5.74) is 0.742. The number of aromatic nitrogens is 1. The van der Waals surface area contributed by atoms with E-state index in [4.69, 9.17) is 4.74 Å². The van der Waals surface area contributed by atoms with E-state index in [0.29, 0.717) is 0 Å². The largest absolute Gasteiger partial charge is 0.373 e. The smallest absolute Gasteiger partial charge is 0.189 e. The molecule has 3 heteroatoms. The van der Waals surface area contributed by atoms with Gasteiger partial charge < -0.3 is 9.30 Å². The predicted octanol–water partition coefficient (Wildman–Crippen LogP) is 2.41. The summed E-state index contributed by atoms with van der Waals surface area (Å²) < 4.78 is 7.28. The Morgan fingerprint density at radius 3 is 2.94 bits per heavy atom. The highest BCUT2D eigenvalue weighted by Crippen LogP contribution is 2.29. The molecule has 0 N–H and O–H groups in total. The SMILES string of the molecule is Cn1ccc(C(=O)COCCC2CCC2)c1. The highest BCUT2D eigenvalue weighted by atomic mass is 16.5. The van der Waals surface area contributed by atoms with Gasteiger partial charge in [0.05, 0.1) is 0 Å². The van der Waals surface area contributed by atoms with Gasteiger partial charge in [0, 0.05) is 31.6 Å². The third-order valence-electron chi connectivity index (χ3n) is 3.28. The summed E-state index contributed by atoms with van der Waals surface area (Å²) in [7, 11) is 1.91. The third-order valence-corrected chi connectivity index (χ3v) is 3.28. The van der Waals surface area contributed by atoms with Gasteiger partial charge in [-0.05, 0) is 18.4 Å². The van der Waals surface area contributed by atoms with E-state index in [1.807, 2.05) is 30.1 Å². The van der Waals surface area contributed by atoms with Crippen LogP contribution < -0.4 is 0 Å². The van der Waals surface area contributed by atoms with E-state index in [9.17, 15) is 4.79 Å². The molecule has 1 aromatic heterocycles. The van der Waals surface area contributed by atoms with Crippen LogP contribution in [0.3, 0.4) is 0 Å². The maximum absolute atomic E-state index is 11.6. The molecule has 0 aliphatic heterocycles. The van der Waals surface area contributed by atoms with Crippen LogP contribution in [0.1, 0.15) is 36.0 Å². The van der Waals surface area contributed by atoms with Crippen LogP contribution in [0.15, 0.2) is 18.5 Å². The van der Waals surface area contributed by atoms with Crippen molar-refractivity contribution in [1.29, 1.82) is 0 Å². The Morgan fingerprint density at radius 1 is 1.56 bits per heavy atom. The van der Waals surface area contributed by atoms with Crippen molar-refractivity contribution >= 4 is 5.78 Å². The average molecular weight is 221 g/mol. The van der Waals surface area contributed by atoms with Crippen LogP contribution in [0.2, 0.25) is 0 Å². The molecule has 1 heterocycles. The van der Waals surface area contributed by atoms with Crippen LogP contribution >= 0.6 is 0 Å². The van der Waals surface area contributed by atoms with E-state index >= 15 is 0 Å². The lowest BCUT2D eigenvalue weighted by atomic mass is 9.83. The van der Waals surface area contributed by atoms with Crippen LogP contribution in [-0.4, -0.2) is 23.6 Å². The number of rotatable bonds is 6. The van der Waals surface area contributed by atoms with Gasteiger partial charge in [-0.1, -0.05) is 19.3 Å². The predicted molar refractivity (Wildman–Crippen MR) is 62.5 cm³/mol. The molecular formula is C13H19NO2. The van der Waals surface area contributed by atoms with Gasteiger partial charge in [-0.25, -0.2) is 0 Å². The minimum Gasteiger partial charge on any atom is -0.373 e. The number of ketones is 1. The topological polar surface area (TPSA) is 31.2 Å². The van der Waals surface area contributed by atoms with E-state index in [0.717, 1.165) is 24.5 Å². The van der Waals surface area contributed by atoms with Crippen molar-refractivity contribution in [3.63, 3.8) is 0 Å². The molecule has 1 saturated carbocycles. The van der Waals surface area contributed by atoms with E-state index < -0.39 is 0 Å². The first-order valence-electron chi connectivity index (χ1n) is 5.98. The number of carbonyl (C=O) groups excluding carboxylic acids is 1.